The van der Waals surface area contributed by atoms with Gasteiger partial charge in [-0.3, -0.25) is 4.79 Å². The van der Waals surface area contributed by atoms with Gasteiger partial charge in [-0.2, -0.15) is 0 Å². The van der Waals surface area contributed by atoms with Crippen molar-refractivity contribution in [3.05, 3.63) is 85.8 Å². The normalized spacial score (nSPS) is 14.1. The first-order chi connectivity index (χ1) is 21.7. The van der Waals surface area contributed by atoms with Gasteiger partial charge in [-0.1, -0.05) is 73.7 Å². The van der Waals surface area contributed by atoms with Gasteiger partial charge in [-0.25, -0.2) is 4.79 Å². The van der Waals surface area contributed by atoms with E-state index >= 15 is 0 Å². The number of halogens is 3. The van der Waals surface area contributed by atoms with E-state index in [1.807, 2.05) is 36.4 Å². The third kappa shape index (κ3) is 10.1. The van der Waals surface area contributed by atoms with Crippen LogP contribution < -0.4 is 16.4 Å². The van der Waals surface area contributed by atoms with Crippen LogP contribution in [-0.4, -0.2) is 30.7 Å². The van der Waals surface area contributed by atoms with E-state index in [2.05, 4.69) is 33.5 Å². The molecule has 0 bridgehead atoms. The molecule has 0 atom stereocenters. The Morgan fingerprint density at radius 1 is 0.933 bits per heavy atom. The van der Waals surface area contributed by atoms with Gasteiger partial charge in [0.1, 0.15) is 0 Å². The zero-order chi connectivity index (χ0) is 32.2. The molecule has 45 heavy (non-hydrogen) atoms. The van der Waals surface area contributed by atoms with E-state index in [1.165, 1.54) is 32.1 Å². The number of nitrogens with one attached hydrogen (secondary N) is 2. The first-order valence-electron chi connectivity index (χ1n) is 15.7. The topological polar surface area (TPSA) is 103 Å². The summed E-state index contributed by atoms with van der Waals surface area (Å²) in [7, 11) is 0. The average Bonchev–Trinajstić information content (AvgIpc) is 3.04. The Morgan fingerprint density at radius 3 is 2.33 bits per heavy atom. The molecule has 3 aromatic carbocycles. The lowest BCUT2D eigenvalue weighted by Crippen LogP contribution is -2.45. The summed E-state index contributed by atoms with van der Waals surface area (Å²) in [5.74, 6) is -0.764. The van der Waals surface area contributed by atoms with Crippen LogP contribution in [0.1, 0.15) is 86.2 Å². The number of esters is 2. The van der Waals surface area contributed by atoms with Gasteiger partial charge >= 0.3 is 11.9 Å². The van der Waals surface area contributed by atoms with E-state index in [4.69, 9.17) is 38.4 Å². The second-order valence-corrected chi connectivity index (χ2v) is 13.2. The fraction of sp³-hybridized carbons (Fsp3) is 0.429. The lowest BCUT2D eigenvalue weighted by atomic mass is 9.79. The summed E-state index contributed by atoms with van der Waals surface area (Å²) in [5, 5.41) is 7.97. The molecule has 0 amide bonds. The standard InChI is InChI=1S/C35H42BrCl2N3O4/c1-2-35(16-7-3-8-17-35)40-23-24-20-26(32(39)27(36)21-24)34(43)45-19-10-4-9-18-44-31(42)22-25-12-5-6-15-30(25)41-33-28(37)13-11-14-29(33)38/h5-6,11-15,20-21,40-41H,2-4,7-10,16-19,22-23,39H2,1H3. The number of ether oxygens (including phenoxy) is 2. The van der Waals surface area contributed by atoms with Crippen LogP contribution >= 0.6 is 39.1 Å². The van der Waals surface area contributed by atoms with Crippen molar-refractivity contribution in [3.8, 4) is 0 Å². The maximum atomic E-state index is 12.9. The molecule has 0 unspecified atom stereocenters. The fourth-order valence-corrected chi connectivity index (χ4v) is 6.68. The minimum Gasteiger partial charge on any atom is -0.465 e. The minimum atomic E-state index is -0.435. The first kappa shape index (κ1) is 35.1. The largest absolute Gasteiger partial charge is 0.465 e. The van der Waals surface area contributed by atoms with Crippen molar-refractivity contribution in [1.82, 2.24) is 5.32 Å². The molecule has 1 aliphatic carbocycles. The predicted octanol–water partition coefficient (Wildman–Crippen LogP) is 9.40. The van der Waals surface area contributed by atoms with Gasteiger partial charge in [-0.15, -0.1) is 0 Å². The Kier molecular flexibility index (Phi) is 13.4. The van der Waals surface area contributed by atoms with E-state index in [9.17, 15) is 9.59 Å². The number of rotatable bonds is 15. The van der Waals surface area contributed by atoms with E-state index in [0.717, 1.165) is 29.7 Å². The molecule has 0 saturated heterocycles. The van der Waals surface area contributed by atoms with Gasteiger partial charge in [0.15, 0.2) is 0 Å². The highest BCUT2D eigenvalue weighted by atomic mass is 79.9. The molecule has 242 valence electrons. The molecule has 1 fully saturated rings. The molecule has 0 aromatic heterocycles. The number of hydrogen-bond acceptors (Lipinski definition) is 7. The maximum Gasteiger partial charge on any atom is 0.340 e. The van der Waals surface area contributed by atoms with E-state index in [-0.39, 0.29) is 31.1 Å². The van der Waals surface area contributed by atoms with Crippen LogP contribution in [0, 0.1) is 0 Å². The van der Waals surface area contributed by atoms with Crippen molar-refractivity contribution in [3.63, 3.8) is 0 Å². The minimum absolute atomic E-state index is 0.105. The predicted molar refractivity (Wildman–Crippen MR) is 186 cm³/mol. The highest BCUT2D eigenvalue weighted by Crippen LogP contribution is 2.34. The van der Waals surface area contributed by atoms with Crippen LogP contribution in [0.5, 0.6) is 0 Å². The Bertz CT molecular complexity index is 1440. The number of carbonyl (C=O) groups excluding carboxylic acids is 2. The molecule has 4 rings (SSSR count). The van der Waals surface area contributed by atoms with Gasteiger partial charge in [0.25, 0.3) is 0 Å². The van der Waals surface area contributed by atoms with E-state index < -0.39 is 5.97 Å². The number of nitrogens with two attached hydrogens (primary N) is 1. The lowest BCUT2D eigenvalue weighted by molar-refractivity contribution is -0.142. The number of hydrogen-bond donors (Lipinski definition) is 3. The molecule has 0 aliphatic heterocycles. The zero-order valence-corrected chi connectivity index (χ0v) is 28.8. The van der Waals surface area contributed by atoms with Crippen molar-refractivity contribution in [2.24, 2.45) is 0 Å². The highest BCUT2D eigenvalue weighted by Gasteiger charge is 2.29. The number of anilines is 3. The van der Waals surface area contributed by atoms with Crippen molar-refractivity contribution < 1.29 is 19.1 Å². The molecule has 4 N–H and O–H groups in total. The van der Waals surface area contributed by atoms with Crippen LogP contribution in [0.15, 0.2) is 59.1 Å². The number of para-hydroxylation sites is 2. The van der Waals surface area contributed by atoms with Gasteiger partial charge in [-0.05, 0) is 95.9 Å². The summed E-state index contributed by atoms with van der Waals surface area (Å²) >= 11 is 16.1. The summed E-state index contributed by atoms with van der Waals surface area (Å²) in [6.07, 6.45) is 9.40. The smallest absolute Gasteiger partial charge is 0.340 e. The Hall–Kier alpha value is -2.78. The van der Waals surface area contributed by atoms with Crippen LogP contribution in [0.2, 0.25) is 10.0 Å². The number of carbonyl (C=O) groups is 2. The van der Waals surface area contributed by atoms with Gasteiger partial charge in [0.05, 0.1) is 46.6 Å². The Labute approximate surface area is 284 Å². The molecule has 0 heterocycles. The third-order valence-electron chi connectivity index (χ3n) is 8.42. The van der Waals surface area contributed by atoms with Gasteiger partial charge < -0.3 is 25.8 Å². The summed E-state index contributed by atoms with van der Waals surface area (Å²) in [5.41, 5.74) is 10.2. The summed E-state index contributed by atoms with van der Waals surface area (Å²) < 4.78 is 11.7. The molecule has 1 aliphatic rings. The molecule has 1 saturated carbocycles. The van der Waals surface area contributed by atoms with Crippen LogP contribution in [-0.2, 0) is 27.2 Å². The Morgan fingerprint density at radius 2 is 1.62 bits per heavy atom. The molecule has 10 heteroatoms. The summed E-state index contributed by atoms with van der Waals surface area (Å²) in [6, 6.07) is 16.5. The molecule has 3 aromatic rings. The van der Waals surface area contributed by atoms with Crippen molar-refractivity contribution in [1.29, 1.82) is 0 Å². The number of nitrogen functional groups attached to an aromatic ring is 1. The second kappa shape index (κ2) is 17.2. The van der Waals surface area contributed by atoms with Crippen molar-refractivity contribution >= 4 is 68.1 Å². The lowest BCUT2D eigenvalue weighted by Gasteiger charge is -2.38. The zero-order valence-electron chi connectivity index (χ0n) is 25.7. The first-order valence-corrected chi connectivity index (χ1v) is 17.2. The van der Waals surface area contributed by atoms with Crippen molar-refractivity contribution in [2.75, 3.05) is 24.3 Å². The van der Waals surface area contributed by atoms with E-state index in [0.29, 0.717) is 50.8 Å². The second-order valence-electron chi connectivity index (χ2n) is 11.6. The van der Waals surface area contributed by atoms with Crippen LogP contribution in [0.4, 0.5) is 17.1 Å². The average molecular weight is 720 g/mol. The molecule has 7 nitrogen and oxygen atoms in total. The van der Waals surface area contributed by atoms with Crippen LogP contribution in [0.3, 0.4) is 0 Å². The summed E-state index contributed by atoms with van der Waals surface area (Å²) in [4.78, 5) is 25.4. The third-order valence-corrected chi connectivity index (χ3v) is 9.71. The maximum absolute atomic E-state index is 12.9. The van der Waals surface area contributed by atoms with Gasteiger partial charge in [0, 0.05) is 22.2 Å². The number of benzene rings is 3. The van der Waals surface area contributed by atoms with Crippen molar-refractivity contribution in [2.45, 2.75) is 83.2 Å². The molecule has 0 radical (unpaired) electrons. The monoisotopic (exact) mass is 717 g/mol. The van der Waals surface area contributed by atoms with Gasteiger partial charge in [0.2, 0.25) is 0 Å². The van der Waals surface area contributed by atoms with Crippen LogP contribution in [0.25, 0.3) is 0 Å². The molecular weight excluding hydrogens is 677 g/mol. The Balaban J connectivity index is 1.18. The highest BCUT2D eigenvalue weighted by molar-refractivity contribution is 9.10. The molecule has 0 spiro atoms. The summed E-state index contributed by atoms with van der Waals surface area (Å²) in [6.45, 7) is 3.45. The van der Waals surface area contributed by atoms with E-state index in [1.54, 1.807) is 18.2 Å². The quantitative estimate of drug-likeness (QED) is 0.0818. The number of unbranched alkanes of at least 4 members (excludes halogenated alkanes) is 2. The molecular formula is C35H42BrCl2N3O4. The fourth-order valence-electron chi connectivity index (χ4n) is 5.68. The SMILES string of the molecule is CCC1(NCc2cc(Br)c(N)c(C(=O)OCCCCCOC(=O)Cc3ccccc3Nc3c(Cl)cccc3Cl)c2)CCCCC1.